The summed E-state index contributed by atoms with van der Waals surface area (Å²) in [6, 6.07) is 6.08. The van der Waals surface area contributed by atoms with Crippen molar-refractivity contribution in [2.45, 2.75) is 6.92 Å². The normalized spacial score (nSPS) is 10.6. The highest BCUT2D eigenvalue weighted by atomic mass is 79.9. The lowest BCUT2D eigenvalue weighted by atomic mass is 10.0. The van der Waals surface area contributed by atoms with E-state index in [0.717, 1.165) is 6.07 Å². The Morgan fingerprint density at radius 1 is 1.05 bits per heavy atom. The molecule has 19 heavy (non-hydrogen) atoms. The van der Waals surface area contributed by atoms with Crippen LogP contribution < -0.4 is 0 Å². The molecule has 0 aromatic heterocycles. The van der Waals surface area contributed by atoms with Gasteiger partial charge in [-0.05, 0) is 52.7 Å². The maximum absolute atomic E-state index is 13.7. The molecular formula is C14H8BrF3O. The topological polar surface area (TPSA) is 17.1 Å². The van der Waals surface area contributed by atoms with Crippen LogP contribution >= 0.6 is 15.9 Å². The molecule has 0 radical (unpaired) electrons. The summed E-state index contributed by atoms with van der Waals surface area (Å²) in [5, 5.41) is 0. The second-order valence-corrected chi connectivity index (χ2v) is 4.87. The van der Waals surface area contributed by atoms with Crippen LogP contribution in [-0.4, -0.2) is 5.78 Å². The number of halogens is 4. The minimum Gasteiger partial charge on any atom is -0.288 e. The summed E-state index contributed by atoms with van der Waals surface area (Å²) < 4.78 is 40.3. The van der Waals surface area contributed by atoms with E-state index in [4.69, 9.17) is 0 Å². The quantitative estimate of drug-likeness (QED) is 0.746. The van der Waals surface area contributed by atoms with Gasteiger partial charge < -0.3 is 0 Å². The number of aryl methyl sites for hydroxylation is 1. The molecule has 5 heteroatoms. The first-order valence-electron chi connectivity index (χ1n) is 5.36. The van der Waals surface area contributed by atoms with E-state index in [-0.39, 0.29) is 21.2 Å². The number of rotatable bonds is 2. The van der Waals surface area contributed by atoms with E-state index >= 15 is 0 Å². The van der Waals surface area contributed by atoms with E-state index in [2.05, 4.69) is 15.9 Å². The Morgan fingerprint density at radius 2 is 1.74 bits per heavy atom. The Balaban J connectivity index is 2.50. The molecule has 0 aliphatic carbocycles. The van der Waals surface area contributed by atoms with Crippen molar-refractivity contribution in [1.82, 2.24) is 0 Å². The van der Waals surface area contributed by atoms with Crippen molar-refractivity contribution in [2.75, 3.05) is 0 Å². The van der Waals surface area contributed by atoms with Gasteiger partial charge in [0, 0.05) is 5.56 Å². The van der Waals surface area contributed by atoms with Gasteiger partial charge in [-0.2, -0.15) is 0 Å². The lowest BCUT2D eigenvalue weighted by Crippen LogP contribution is -2.07. The zero-order valence-electron chi connectivity index (χ0n) is 9.81. The number of ketones is 1. The Morgan fingerprint density at radius 3 is 2.37 bits per heavy atom. The molecule has 0 unspecified atom stereocenters. The average Bonchev–Trinajstić information content (AvgIpc) is 2.39. The summed E-state index contributed by atoms with van der Waals surface area (Å²) in [4.78, 5) is 12.0. The SMILES string of the molecule is Cc1ccc(C(=O)c2ccc(F)c(Br)c2)c(F)c1F. The molecule has 0 fully saturated rings. The van der Waals surface area contributed by atoms with Crippen molar-refractivity contribution >= 4 is 21.7 Å². The van der Waals surface area contributed by atoms with Crippen molar-refractivity contribution < 1.29 is 18.0 Å². The van der Waals surface area contributed by atoms with E-state index in [0.29, 0.717) is 0 Å². The Labute approximate surface area is 116 Å². The van der Waals surface area contributed by atoms with Crippen molar-refractivity contribution in [3.63, 3.8) is 0 Å². The zero-order chi connectivity index (χ0) is 14.2. The van der Waals surface area contributed by atoms with Gasteiger partial charge in [0.2, 0.25) is 0 Å². The van der Waals surface area contributed by atoms with Crippen LogP contribution in [0.1, 0.15) is 21.5 Å². The van der Waals surface area contributed by atoms with Gasteiger partial charge in [-0.15, -0.1) is 0 Å². The molecule has 0 atom stereocenters. The molecule has 0 saturated carbocycles. The van der Waals surface area contributed by atoms with Crippen LogP contribution in [-0.2, 0) is 0 Å². The highest BCUT2D eigenvalue weighted by Gasteiger charge is 2.19. The molecule has 0 aliphatic rings. The minimum atomic E-state index is -1.19. The first-order chi connectivity index (χ1) is 8.91. The summed E-state index contributed by atoms with van der Waals surface area (Å²) in [7, 11) is 0. The van der Waals surface area contributed by atoms with Gasteiger partial charge in [0.1, 0.15) is 5.82 Å². The first-order valence-corrected chi connectivity index (χ1v) is 6.15. The highest BCUT2D eigenvalue weighted by molar-refractivity contribution is 9.10. The van der Waals surface area contributed by atoms with Gasteiger partial charge in [0.25, 0.3) is 0 Å². The van der Waals surface area contributed by atoms with Crippen LogP contribution in [0.4, 0.5) is 13.2 Å². The van der Waals surface area contributed by atoms with E-state index in [1.807, 2.05) is 0 Å². The molecule has 0 amide bonds. The first kappa shape index (κ1) is 13.8. The number of hydrogen-bond donors (Lipinski definition) is 0. The zero-order valence-corrected chi connectivity index (χ0v) is 11.4. The van der Waals surface area contributed by atoms with E-state index in [1.165, 1.54) is 31.2 Å². The van der Waals surface area contributed by atoms with Crippen molar-refractivity contribution in [3.8, 4) is 0 Å². The van der Waals surface area contributed by atoms with Crippen LogP contribution in [0.2, 0.25) is 0 Å². The molecule has 98 valence electrons. The van der Waals surface area contributed by atoms with Crippen LogP contribution in [0.5, 0.6) is 0 Å². The monoisotopic (exact) mass is 328 g/mol. The lowest BCUT2D eigenvalue weighted by Gasteiger charge is -2.06. The van der Waals surface area contributed by atoms with Gasteiger partial charge >= 0.3 is 0 Å². The fourth-order valence-corrected chi connectivity index (χ4v) is 1.99. The molecule has 0 saturated heterocycles. The second kappa shape index (κ2) is 5.17. The molecule has 0 bridgehead atoms. The maximum Gasteiger partial charge on any atom is 0.196 e. The summed E-state index contributed by atoms with van der Waals surface area (Å²) in [5.41, 5.74) is -0.175. The van der Waals surface area contributed by atoms with E-state index in [1.54, 1.807) is 0 Å². The highest BCUT2D eigenvalue weighted by Crippen LogP contribution is 2.22. The standard InChI is InChI=1S/C14H8BrF3O/c1-7-2-4-9(13(18)12(7)17)14(19)8-3-5-11(16)10(15)6-8/h2-6H,1H3. The van der Waals surface area contributed by atoms with Gasteiger partial charge in [0.15, 0.2) is 17.4 Å². The Hall–Kier alpha value is -1.62. The minimum absolute atomic E-state index is 0.0791. The second-order valence-electron chi connectivity index (χ2n) is 4.02. The number of benzene rings is 2. The average molecular weight is 329 g/mol. The molecule has 1 nitrogen and oxygen atoms in total. The molecule has 2 aromatic rings. The third kappa shape index (κ3) is 2.56. The number of hydrogen-bond acceptors (Lipinski definition) is 1. The van der Waals surface area contributed by atoms with Gasteiger partial charge in [-0.1, -0.05) is 6.07 Å². The van der Waals surface area contributed by atoms with Crippen LogP contribution in [0.25, 0.3) is 0 Å². The third-order valence-electron chi connectivity index (χ3n) is 2.70. The Bertz CT molecular complexity index is 668. The molecule has 0 N–H and O–H groups in total. The van der Waals surface area contributed by atoms with Crippen LogP contribution in [0.15, 0.2) is 34.8 Å². The Kier molecular flexibility index (Phi) is 3.75. The molecule has 0 spiro atoms. The predicted octanol–water partition coefficient (Wildman–Crippen LogP) is 4.41. The maximum atomic E-state index is 13.7. The van der Waals surface area contributed by atoms with Gasteiger partial charge in [-0.3, -0.25) is 4.79 Å². The smallest absolute Gasteiger partial charge is 0.196 e. The fraction of sp³-hybridized carbons (Fsp3) is 0.0714. The molecular weight excluding hydrogens is 321 g/mol. The molecule has 2 aromatic carbocycles. The molecule has 0 aliphatic heterocycles. The van der Waals surface area contributed by atoms with Crippen LogP contribution in [0, 0.1) is 24.4 Å². The van der Waals surface area contributed by atoms with Gasteiger partial charge in [-0.25, -0.2) is 13.2 Å². The predicted molar refractivity (Wildman–Crippen MR) is 68.6 cm³/mol. The number of carbonyl (C=O) groups is 1. The third-order valence-corrected chi connectivity index (χ3v) is 3.31. The molecule has 0 heterocycles. The summed E-state index contributed by atoms with van der Waals surface area (Å²) >= 11 is 2.94. The fourth-order valence-electron chi connectivity index (χ4n) is 1.61. The van der Waals surface area contributed by atoms with Crippen LogP contribution in [0.3, 0.4) is 0 Å². The molecule has 2 rings (SSSR count). The van der Waals surface area contributed by atoms with Crippen molar-refractivity contribution in [1.29, 1.82) is 0 Å². The number of carbonyl (C=O) groups excluding carboxylic acids is 1. The summed E-state index contributed by atoms with van der Waals surface area (Å²) in [6.07, 6.45) is 0. The van der Waals surface area contributed by atoms with E-state index in [9.17, 15) is 18.0 Å². The van der Waals surface area contributed by atoms with E-state index < -0.39 is 23.2 Å². The van der Waals surface area contributed by atoms with Gasteiger partial charge in [0.05, 0.1) is 10.0 Å². The lowest BCUT2D eigenvalue weighted by molar-refractivity contribution is 0.103. The summed E-state index contributed by atoms with van der Waals surface area (Å²) in [5.74, 6) is -3.47. The summed E-state index contributed by atoms with van der Waals surface area (Å²) in [6.45, 7) is 1.40. The van der Waals surface area contributed by atoms with Crippen molar-refractivity contribution in [2.24, 2.45) is 0 Å². The largest absolute Gasteiger partial charge is 0.288 e. The van der Waals surface area contributed by atoms with Crippen molar-refractivity contribution in [3.05, 3.63) is 68.9 Å².